The van der Waals surface area contributed by atoms with Crippen molar-refractivity contribution in [2.24, 2.45) is 0 Å². The Morgan fingerprint density at radius 1 is 1.57 bits per heavy atom. The lowest BCUT2D eigenvalue weighted by Gasteiger charge is -1.96. The average Bonchev–Trinajstić information content (AvgIpc) is 2.51. The minimum Gasteiger partial charge on any atom is -0.320 e. The van der Waals surface area contributed by atoms with Gasteiger partial charge in [0.05, 0.1) is 4.92 Å². The van der Waals surface area contributed by atoms with Gasteiger partial charge in [0.2, 0.25) is 0 Å². The van der Waals surface area contributed by atoms with Gasteiger partial charge < -0.3 is 4.98 Å². The van der Waals surface area contributed by atoms with Crippen LogP contribution in [0.1, 0.15) is 5.69 Å². The van der Waals surface area contributed by atoms with Crippen molar-refractivity contribution in [1.82, 2.24) is 4.98 Å². The van der Waals surface area contributed by atoms with E-state index in [1.165, 1.54) is 11.3 Å². The van der Waals surface area contributed by atoms with Crippen molar-refractivity contribution in [1.29, 1.82) is 0 Å². The monoisotopic (exact) mass is 210 g/mol. The first-order valence-electron chi connectivity index (χ1n) is 3.85. The summed E-state index contributed by atoms with van der Waals surface area (Å²) in [5.41, 5.74) is -0.333. The van der Waals surface area contributed by atoms with Crippen molar-refractivity contribution in [2.45, 2.75) is 6.92 Å². The molecule has 0 saturated carbocycles. The number of nitrogens with zero attached hydrogens (tertiary/aromatic N) is 1. The Morgan fingerprint density at radius 3 is 2.93 bits per heavy atom. The zero-order valence-electron chi connectivity index (χ0n) is 7.23. The van der Waals surface area contributed by atoms with Crippen LogP contribution in [0, 0.1) is 17.0 Å². The molecule has 2 rings (SSSR count). The summed E-state index contributed by atoms with van der Waals surface area (Å²) < 4.78 is 0.441. The van der Waals surface area contributed by atoms with Crippen molar-refractivity contribution >= 4 is 27.1 Å². The number of aromatic nitrogens is 1. The van der Waals surface area contributed by atoms with Crippen LogP contribution in [0.5, 0.6) is 0 Å². The second-order valence-corrected chi connectivity index (χ2v) is 3.76. The highest BCUT2D eigenvalue weighted by atomic mass is 32.1. The van der Waals surface area contributed by atoms with Crippen molar-refractivity contribution in [2.75, 3.05) is 0 Å². The second-order valence-electron chi connectivity index (χ2n) is 2.85. The number of thiophene rings is 1. The smallest absolute Gasteiger partial charge is 0.320 e. The Hall–Kier alpha value is -1.69. The van der Waals surface area contributed by atoms with E-state index >= 15 is 0 Å². The maximum Gasteiger partial charge on any atom is 0.351 e. The standard InChI is InChI=1S/C8H6N2O3S/c1-4-5-2-3-14-7(5)6(10(12)13)8(11)9-4/h2-3H,1H3,(H,9,11). The molecular formula is C8H6N2O3S. The van der Waals surface area contributed by atoms with Crippen molar-refractivity contribution < 1.29 is 4.92 Å². The quantitative estimate of drug-likeness (QED) is 0.576. The zero-order chi connectivity index (χ0) is 10.3. The number of nitrogens with one attached hydrogen (secondary N) is 1. The van der Waals surface area contributed by atoms with Crippen LogP contribution in [0.25, 0.3) is 10.1 Å². The summed E-state index contributed by atoms with van der Waals surface area (Å²) in [6.07, 6.45) is 0. The highest BCUT2D eigenvalue weighted by Crippen LogP contribution is 2.28. The zero-order valence-corrected chi connectivity index (χ0v) is 8.05. The van der Waals surface area contributed by atoms with E-state index in [0.717, 1.165) is 5.39 Å². The van der Waals surface area contributed by atoms with E-state index in [9.17, 15) is 14.9 Å². The number of fused-ring (bicyclic) bond motifs is 1. The van der Waals surface area contributed by atoms with Crippen molar-refractivity contribution in [3.8, 4) is 0 Å². The Balaban J connectivity index is 3.01. The largest absolute Gasteiger partial charge is 0.351 e. The fraction of sp³-hybridized carbons (Fsp3) is 0.125. The number of aromatic amines is 1. The molecule has 0 saturated heterocycles. The van der Waals surface area contributed by atoms with E-state index in [-0.39, 0.29) is 5.69 Å². The van der Waals surface area contributed by atoms with E-state index < -0.39 is 10.5 Å². The lowest BCUT2D eigenvalue weighted by molar-refractivity contribution is -0.384. The highest BCUT2D eigenvalue weighted by Gasteiger charge is 2.19. The molecule has 1 N–H and O–H groups in total. The number of aryl methyl sites for hydroxylation is 1. The van der Waals surface area contributed by atoms with Gasteiger partial charge in [0, 0.05) is 11.1 Å². The molecule has 6 heteroatoms. The SMILES string of the molecule is Cc1[nH]c(=O)c([N+](=O)[O-])c2sccc12. The fourth-order valence-corrected chi connectivity index (χ4v) is 2.32. The molecule has 0 radical (unpaired) electrons. The summed E-state index contributed by atoms with van der Waals surface area (Å²) in [6.45, 7) is 1.72. The van der Waals surface area contributed by atoms with Crippen LogP contribution in [0.3, 0.4) is 0 Å². The van der Waals surface area contributed by atoms with Crippen LogP contribution >= 0.6 is 11.3 Å². The van der Waals surface area contributed by atoms with Gasteiger partial charge in [0.25, 0.3) is 0 Å². The molecule has 0 bridgehead atoms. The maximum atomic E-state index is 11.3. The number of H-pyrrole nitrogens is 1. The molecule has 0 aliphatic heterocycles. The molecule has 0 amide bonds. The lowest BCUT2D eigenvalue weighted by Crippen LogP contribution is -2.12. The highest BCUT2D eigenvalue weighted by molar-refractivity contribution is 7.17. The summed E-state index contributed by atoms with van der Waals surface area (Å²) in [5.74, 6) is 0. The molecule has 2 aromatic rings. The number of rotatable bonds is 1. The number of hydrogen-bond acceptors (Lipinski definition) is 4. The second kappa shape index (κ2) is 2.91. The first-order valence-corrected chi connectivity index (χ1v) is 4.73. The van der Waals surface area contributed by atoms with Crippen LogP contribution in [0.4, 0.5) is 5.69 Å². The van der Waals surface area contributed by atoms with E-state index in [0.29, 0.717) is 10.4 Å². The third kappa shape index (κ3) is 1.12. The molecule has 0 spiro atoms. The first kappa shape index (κ1) is 8.89. The predicted octanol–water partition coefficient (Wildman–Crippen LogP) is 1.81. The van der Waals surface area contributed by atoms with E-state index in [1.807, 2.05) is 0 Å². The Labute approximate surface area is 82.2 Å². The summed E-state index contributed by atoms with van der Waals surface area (Å²) in [5, 5.41) is 13.1. The van der Waals surface area contributed by atoms with Gasteiger partial charge in [0.1, 0.15) is 4.70 Å². The number of nitro groups is 1. The topological polar surface area (TPSA) is 76.0 Å². The van der Waals surface area contributed by atoms with E-state index in [2.05, 4.69) is 4.98 Å². The van der Waals surface area contributed by atoms with E-state index in [1.54, 1.807) is 18.4 Å². The van der Waals surface area contributed by atoms with Crippen LogP contribution in [0.2, 0.25) is 0 Å². The molecule has 14 heavy (non-hydrogen) atoms. The van der Waals surface area contributed by atoms with Crippen LogP contribution < -0.4 is 5.56 Å². The third-order valence-electron chi connectivity index (χ3n) is 1.98. The molecule has 2 aromatic heterocycles. The van der Waals surface area contributed by atoms with Gasteiger partial charge in [-0.2, -0.15) is 0 Å². The minimum absolute atomic E-state index is 0.361. The Morgan fingerprint density at radius 2 is 2.29 bits per heavy atom. The van der Waals surface area contributed by atoms with Gasteiger partial charge in [-0.25, -0.2) is 0 Å². The average molecular weight is 210 g/mol. The number of pyridine rings is 1. The van der Waals surface area contributed by atoms with Gasteiger partial charge >= 0.3 is 11.2 Å². The summed E-state index contributed by atoms with van der Waals surface area (Å²) in [6, 6.07) is 1.76. The van der Waals surface area contributed by atoms with Crippen LogP contribution in [-0.4, -0.2) is 9.91 Å². The first-order chi connectivity index (χ1) is 6.61. The normalized spacial score (nSPS) is 10.6. The Bertz CT molecular complexity index is 569. The molecule has 0 atom stereocenters. The van der Waals surface area contributed by atoms with Gasteiger partial charge in [-0.15, -0.1) is 11.3 Å². The maximum absolute atomic E-state index is 11.3. The molecule has 2 heterocycles. The van der Waals surface area contributed by atoms with Crippen LogP contribution in [-0.2, 0) is 0 Å². The van der Waals surface area contributed by atoms with Gasteiger partial charge in [0.15, 0.2) is 0 Å². The van der Waals surface area contributed by atoms with Crippen molar-refractivity contribution in [3.63, 3.8) is 0 Å². The summed E-state index contributed by atoms with van der Waals surface area (Å²) in [4.78, 5) is 23.8. The number of hydrogen-bond donors (Lipinski definition) is 1. The molecule has 72 valence electrons. The predicted molar refractivity (Wildman–Crippen MR) is 53.8 cm³/mol. The molecule has 0 aliphatic carbocycles. The Kier molecular flexibility index (Phi) is 1.85. The summed E-state index contributed by atoms with van der Waals surface area (Å²) >= 11 is 1.21. The van der Waals surface area contributed by atoms with Gasteiger partial charge in [-0.1, -0.05) is 0 Å². The molecule has 0 fully saturated rings. The van der Waals surface area contributed by atoms with Gasteiger partial charge in [-0.05, 0) is 18.4 Å². The van der Waals surface area contributed by atoms with Gasteiger partial charge in [-0.3, -0.25) is 14.9 Å². The molecule has 0 aliphatic rings. The van der Waals surface area contributed by atoms with E-state index in [4.69, 9.17) is 0 Å². The third-order valence-corrected chi connectivity index (χ3v) is 2.90. The van der Waals surface area contributed by atoms with Crippen molar-refractivity contribution in [3.05, 3.63) is 37.6 Å². The molecular weight excluding hydrogens is 204 g/mol. The lowest BCUT2D eigenvalue weighted by atomic mass is 10.2. The molecule has 0 aromatic carbocycles. The van der Waals surface area contributed by atoms with Crippen LogP contribution in [0.15, 0.2) is 16.2 Å². The summed E-state index contributed by atoms with van der Waals surface area (Å²) in [7, 11) is 0. The minimum atomic E-state index is -0.642. The molecule has 5 nitrogen and oxygen atoms in total. The molecule has 0 unspecified atom stereocenters. The fourth-order valence-electron chi connectivity index (χ4n) is 1.35.